The summed E-state index contributed by atoms with van der Waals surface area (Å²) >= 11 is 0. The molecule has 0 N–H and O–H groups in total. The molecule has 17 heavy (non-hydrogen) atoms. The van der Waals surface area contributed by atoms with Crippen molar-refractivity contribution >= 4 is 19.4 Å². The minimum Gasteiger partial charge on any atom is -0.457 e. The van der Waals surface area contributed by atoms with Gasteiger partial charge in [-0.15, -0.1) is 0 Å². The first-order chi connectivity index (χ1) is 8.27. The Morgan fingerprint density at radius 1 is 1.18 bits per heavy atom. The van der Waals surface area contributed by atoms with Crippen molar-refractivity contribution in [3.8, 4) is 0 Å². The molecule has 2 rings (SSSR count). The van der Waals surface area contributed by atoms with Crippen LogP contribution in [0, 0.1) is 0 Å². The topological polar surface area (TPSA) is 39.2 Å². The zero-order valence-corrected chi connectivity index (χ0v) is 9.59. The lowest BCUT2D eigenvalue weighted by Crippen LogP contribution is -2.20. The van der Waals surface area contributed by atoms with Crippen LogP contribution in [0.1, 0.15) is 15.9 Å². The van der Waals surface area contributed by atoms with Crippen LogP contribution < -0.4 is 5.59 Å². The number of carbonyl (C=O) groups excluding carboxylic acids is 1. The zero-order valence-electron chi connectivity index (χ0n) is 9.59. The first-order valence-electron chi connectivity index (χ1n) is 5.40. The second-order valence-corrected chi connectivity index (χ2v) is 3.70. The van der Waals surface area contributed by atoms with E-state index in [2.05, 4.69) is 4.98 Å². The van der Waals surface area contributed by atoms with Crippen molar-refractivity contribution < 1.29 is 9.53 Å². The Balaban J connectivity index is 2.01. The van der Waals surface area contributed by atoms with Crippen molar-refractivity contribution in [1.82, 2.24) is 4.98 Å². The van der Waals surface area contributed by atoms with Gasteiger partial charge in [0.25, 0.3) is 0 Å². The minimum absolute atomic E-state index is 0.286. The van der Waals surface area contributed by atoms with Gasteiger partial charge < -0.3 is 4.74 Å². The van der Waals surface area contributed by atoms with Crippen LogP contribution in [-0.4, -0.2) is 18.8 Å². The van der Waals surface area contributed by atoms with E-state index in [4.69, 9.17) is 4.74 Å². The van der Waals surface area contributed by atoms with Gasteiger partial charge in [0, 0.05) is 11.8 Å². The van der Waals surface area contributed by atoms with Gasteiger partial charge in [-0.3, -0.25) is 4.98 Å². The van der Waals surface area contributed by atoms with E-state index in [0.29, 0.717) is 11.2 Å². The van der Waals surface area contributed by atoms with Crippen LogP contribution in [0.5, 0.6) is 0 Å². The van der Waals surface area contributed by atoms with Crippen molar-refractivity contribution in [3.63, 3.8) is 0 Å². The summed E-state index contributed by atoms with van der Waals surface area (Å²) in [6, 6.07) is 13.0. The maximum atomic E-state index is 11.8. The second-order valence-electron chi connectivity index (χ2n) is 3.70. The SMILES string of the molecule is Bc1ncccc1C(=O)OCc1ccccc1. The first-order valence-corrected chi connectivity index (χ1v) is 5.40. The Kier molecular flexibility index (Phi) is 3.55. The molecule has 0 saturated carbocycles. The minimum atomic E-state index is -0.334. The molecule has 0 saturated heterocycles. The average Bonchev–Trinajstić information content (AvgIpc) is 2.38. The van der Waals surface area contributed by atoms with Gasteiger partial charge in [-0.05, 0) is 17.7 Å². The van der Waals surface area contributed by atoms with Crippen LogP contribution >= 0.6 is 0 Å². The fraction of sp³-hybridized carbons (Fsp3) is 0.0769. The summed E-state index contributed by atoms with van der Waals surface area (Å²) in [6.45, 7) is 0.286. The summed E-state index contributed by atoms with van der Waals surface area (Å²) in [6.07, 6.45) is 1.66. The van der Waals surface area contributed by atoms with Gasteiger partial charge >= 0.3 is 5.97 Å². The molecule has 0 aliphatic carbocycles. The molecule has 0 aliphatic heterocycles. The number of ether oxygens (including phenoxy) is 1. The van der Waals surface area contributed by atoms with E-state index < -0.39 is 0 Å². The fourth-order valence-corrected chi connectivity index (χ4v) is 1.50. The highest BCUT2D eigenvalue weighted by Crippen LogP contribution is 2.03. The Morgan fingerprint density at radius 2 is 1.94 bits per heavy atom. The standard InChI is InChI=1S/C13H12BNO2/c14-12-11(7-4-8-15-12)13(16)17-9-10-5-2-1-3-6-10/h1-8H,9,14H2. The number of hydrogen-bond donors (Lipinski definition) is 0. The summed E-state index contributed by atoms with van der Waals surface area (Å²) in [5.74, 6) is -0.334. The van der Waals surface area contributed by atoms with Gasteiger partial charge in [-0.2, -0.15) is 0 Å². The molecule has 0 radical (unpaired) electrons. The fourth-order valence-electron chi connectivity index (χ4n) is 1.50. The van der Waals surface area contributed by atoms with E-state index in [1.807, 2.05) is 30.3 Å². The molecule has 84 valence electrons. The monoisotopic (exact) mass is 225 g/mol. The second kappa shape index (κ2) is 5.30. The van der Waals surface area contributed by atoms with Gasteiger partial charge in [0.1, 0.15) is 6.61 Å². The molecule has 0 atom stereocenters. The van der Waals surface area contributed by atoms with Gasteiger partial charge in [-0.1, -0.05) is 30.3 Å². The molecule has 1 aromatic heterocycles. The van der Waals surface area contributed by atoms with E-state index in [-0.39, 0.29) is 12.6 Å². The maximum Gasteiger partial charge on any atom is 0.339 e. The molecule has 4 heteroatoms. The van der Waals surface area contributed by atoms with E-state index in [0.717, 1.165) is 5.56 Å². The molecule has 1 heterocycles. The van der Waals surface area contributed by atoms with E-state index >= 15 is 0 Å². The van der Waals surface area contributed by atoms with Crippen LogP contribution in [0.25, 0.3) is 0 Å². The molecule has 0 fully saturated rings. The van der Waals surface area contributed by atoms with Gasteiger partial charge in [0.15, 0.2) is 7.85 Å². The van der Waals surface area contributed by atoms with Crippen LogP contribution in [-0.2, 0) is 11.3 Å². The normalized spacial score (nSPS) is 9.88. The molecular weight excluding hydrogens is 213 g/mol. The molecule has 0 aliphatic rings. The lowest BCUT2D eigenvalue weighted by molar-refractivity contribution is 0.0474. The third-order valence-corrected chi connectivity index (χ3v) is 2.44. The highest BCUT2D eigenvalue weighted by Gasteiger charge is 2.10. The predicted octanol–water partition coefficient (Wildman–Crippen LogP) is 0.697. The predicted molar refractivity (Wildman–Crippen MR) is 68.0 cm³/mol. The van der Waals surface area contributed by atoms with Gasteiger partial charge in [0.05, 0.1) is 5.56 Å². The average molecular weight is 225 g/mol. The number of carbonyl (C=O) groups is 1. The third-order valence-electron chi connectivity index (χ3n) is 2.44. The molecule has 0 amide bonds. The van der Waals surface area contributed by atoms with Crippen molar-refractivity contribution in [2.75, 3.05) is 0 Å². The summed E-state index contributed by atoms with van der Waals surface area (Å²) in [4.78, 5) is 15.8. The summed E-state index contributed by atoms with van der Waals surface area (Å²) in [7, 11) is 1.79. The zero-order chi connectivity index (χ0) is 12.1. The van der Waals surface area contributed by atoms with Crippen LogP contribution in [0.2, 0.25) is 0 Å². The molecule has 3 nitrogen and oxygen atoms in total. The van der Waals surface area contributed by atoms with Crippen molar-refractivity contribution in [2.45, 2.75) is 6.61 Å². The van der Waals surface area contributed by atoms with Gasteiger partial charge in [-0.25, -0.2) is 4.79 Å². The number of benzene rings is 1. The summed E-state index contributed by atoms with van der Waals surface area (Å²) < 4.78 is 5.22. The third kappa shape index (κ3) is 2.94. The largest absolute Gasteiger partial charge is 0.457 e. The number of nitrogens with zero attached hydrogens (tertiary/aromatic N) is 1. The van der Waals surface area contributed by atoms with Crippen LogP contribution in [0.4, 0.5) is 0 Å². The molecule has 1 aromatic carbocycles. The summed E-state index contributed by atoms with van der Waals surface area (Å²) in [5.41, 5.74) is 2.18. The first kappa shape index (κ1) is 11.4. The molecule has 0 unspecified atom stereocenters. The van der Waals surface area contributed by atoms with Crippen molar-refractivity contribution in [1.29, 1.82) is 0 Å². The highest BCUT2D eigenvalue weighted by molar-refractivity contribution is 6.34. The molecule has 0 spiro atoms. The molecular formula is C13H12BNO2. The van der Waals surface area contributed by atoms with E-state index in [1.54, 1.807) is 26.2 Å². The lowest BCUT2D eigenvalue weighted by atomic mass is 9.98. The Bertz CT molecular complexity index is 514. The Morgan fingerprint density at radius 3 is 2.65 bits per heavy atom. The lowest BCUT2D eigenvalue weighted by Gasteiger charge is -2.06. The van der Waals surface area contributed by atoms with Crippen molar-refractivity contribution in [3.05, 3.63) is 59.8 Å². The van der Waals surface area contributed by atoms with E-state index in [9.17, 15) is 4.79 Å². The Labute approximate surface area is 101 Å². The van der Waals surface area contributed by atoms with Crippen LogP contribution in [0.3, 0.4) is 0 Å². The number of esters is 1. The molecule has 2 aromatic rings. The van der Waals surface area contributed by atoms with Crippen molar-refractivity contribution in [2.24, 2.45) is 0 Å². The van der Waals surface area contributed by atoms with Gasteiger partial charge in [0.2, 0.25) is 0 Å². The highest BCUT2D eigenvalue weighted by atomic mass is 16.5. The quantitative estimate of drug-likeness (QED) is 0.570. The Hall–Kier alpha value is -2.10. The number of rotatable bonds is 3. The molecule has 0 bridgehead atoms. The smallest absolute Gasteiger partial charge is 0.339 e. The maximum absolute atomic E-state index is 11.8. The number of hydrogen-bond acceptors (Lipinski definition) is 3. The number of pyridine rings is 1. The van der Waals surface area contributed by atoms with E-state index in [1.165, 1.54) is 0 Å². The summed E-state index contributed by atoms with van der Waals surface area (Å²) in [5, 5.41) is 0. The number of aromatic nitrogens is 1. The van der Waals surface area contributed by atoms with Crippen LogP contribution in [0.15, 0.2) is 48.7 Å².